The van der Waals surface area contributed by atoms with Gasteiger partial charge in [0.25, 0.3) is 0 Å². The Morgan fingerprint density at radius 2 is 1.95 bits per heavy atom. The summed E-state index contributed by atoms with van der Waals surface area (Å²) >= 11 is 6.02. The molecule has 2 aromatic heterocycles. The highest BCUT2D eigenvalue weighted by atomic mass is 35.5. The molecule has 0 fully saturated rings. The van der Waals surface area contributed by atoms with Crippen LogP contribution in [0.5, 0.6) is 5.75 Å². The summed E-state index contributed by atoms with van der Waals surface area (Å²) in [5, 5.41) is 8.72. The molecule has 0 atom stereocenters. The molecular formula is C15H15ClN4O. The van der Waals surface area contributed by atoms with E-state index in [4.69, 9.17) is 22.1 Å². The average Bonchev–Trinajstić information content (AvgIpc) is 2.81. The lowest BCUT2D eigenvalue weighted by atomic mass is 10.1. The molecule has 2 heterocycles. The fourth-order valence-corrected chi connectivity index (χ4v) is 2.51. The number of fused-ring (bicyclic) bond motifs is 1. The van der Waals surface area contributed by atoms with Gasteiger partial charge in [0.1, 0.15) is 12.4 Å². The fourth-order valence-electron chi connectivity index (χ4n) is 2.29. The first-order valence-electron chi connectivity index (χ1n) is 6.54. The standard InChI is InChI=1S/C15H15ClN4O/c1-9-4-3-5-10(2)14(9)21-8-13-18-19-15-12(17)6-11(16)7-20(13)15/h3-7H,8,17H2,1-2H3. The van der Waals surface area contributed by atoms with Gasteiger partial charge in [0.15, 0.2) is 11.5 Å². The molecule has 1 aromatic carbocycles. The number of hydrogen-bond donors (Lipinski definition) is 1. The Morgan fingerprint density at radius 1 is 1.24 bits per heavy atom. The summed E-state index contributed by atoms with van der Waals surface area (Å²) in [4.78, 5) is 0. The van der Waals surface area contributed by atoms with Crippen molar-refractivity contribution in [3.8, 4) is 5.75 Å². The molecule has 0 unspecified atom stereocenters. The van der Waals surface area contributed by atoms with E-state index in [0.717, 1.165) is 16.9 Å². The predicted molar refractivity (Wildman–Crippen MR) is 82.7 cm³/mol. The van der Waals surface area contributed by atoms with E-state index in [1.165, 1.54) is 0 Å². The Hall–Kier alpha value is -2.27. The van der Waals surface area contributed by atoms with Gasteiger partial charge in [-0.05, 0) is 31.0 Å². The Labute approximate surface area is 127 Å². The van der Waals surface area contributed by atoms with E-state index in [1.54, 1.807) is 16.7 Å². The van der Waals surface area contributed by atoms with Crippen molar-refractivity contribution in [2.75, 3.05) is 5.73 Å². The van der Waals surface area contributed by atoms with Gasteiger partial charge >= 0.3 is 0 Å². The minimum atomic E-state index is 0.298. The third kappa shape index (κ3) is 2.52. The van der Waals surface area contributed by atoms with Crippen LogP contribution in [-0.2, 0) is 6.61 Å². The van der Waals surface area contributed by atoms with Gasteiger partial charge in [-0.2, -0.15) is 0 Å². The zero-order valence-electron chi connectivity index (χ0n) is 11.8. The zero-order chi connectivity index (χ0) is 15.0. The van der Waals surface area contributed by atoms with E-state index in [-0.39, 0.29) is 0 Å². The second-order valence-electron chi connectivity index (χ2n) is 4.93. The van der Waals surface area contributed by atoms with Crippen LogP contribution in [0, 0.1) is 13.8 Å². The van der Waals surface area contributed by atoms with Crippen molar-refractivity contribution < 1.29 is 4.74 Å². The molecule has 0 amide bonds. The van der Waals surface area contributed by atoms with E-state index in [0.29, 0.717) is 28.8 Å². The van der Waals surface area contributed by atoms with Crippen LogP contribution in [-0.4, -0.2) is 14.6 Å². The Balaban J connectivity index is 1.93. The number of aryl methyl sites for hydroxylation is 2. The van der Waals surface area contributed by atoms with Crippen LogP contribution in [0.4, 0.5) is 5.69 Å². The number of halogens is 1. The van der Waals surface area contributed by atoms with E-state index in [1.807, 2.05) is 32.0 Å². The molecular weight excluding hydrogens is 288 g/mol. The normalized spacial score (nSPS) is 11.0. The Morgan fingerprint density at radius 3 is 2.67 bits per heavy atom. The first-order chi connectivity index (χ1) is 10.1. The third-order valence-electron chi connectivity index (χ3n) is 3.32. The topological polar surface area (TPSA) is 65.4 Å². The molecule has 0 saturated heterocycles. The molecule has 0 bridgehead atoms. The van der Waals surface area contributed by atoms with Crippen molar-refractivity contribution >= 4 is 22.9 Å². The highest BCUT2D eigenvalue weighted by molar-refractivity contribution is 6.30. The Bertz CT molecular complexity index is 793. The molecule has 0 aliphatic rings. The van der Waals surface area contributed by atoms with Crippen LogP contribution in [0.15, 0.2) is 30.5 Å². The number of nitrogen functional groups attached to an aromatic ring is 1. The van der Waals surface area contributed by atoms with Crippen molar-refractivity contribution in [1.29, 1.82) is 0 Å². The van der Waals surface area contributed by atoms with Gasteiger partial charge in [0, 0.05) is 6.20 Å². The average molecular weight is 303 g/mol. The highest BCUT2D eigenvalue weighted by Crippen LogP contribution is 2.24. The van der Waals surface area contributed by atoms with E-state index in [9.17, 15) is 0 Å². The van der Waals surface area contributed by atoms with E-state index in [2.05, 4.69) is 10.2 Å². The molecule has 0 spiro atoms. The zero-order valence-corrected chi connectivity index (χ0v) is 12.6. The lowest BCUT2D eigenvalue weighted by molar-refractivity contribution is 0.290. The molecule has 6 heteroatoms. The van der Waals surface area contributed by atoms with Gasteiger partial charge in [-0.25, -0.2) is 0 Å². The molecule has 0 saturated carbocycles. The number of para-hydroxylation sites is 1. The molecule has 3 rings (SSSR count). The maximum Gasteiger partial charge on any atom is 0.184 e. The summed E-state index contributed by atoms with van der Waals surface area (Å²) in [6, 6.07) is 7.68. The summed E-state index contributed by atoms with van der Waals surface area (Å²) < 4.78 is 7.65. The van der Waals surface area contributed by atoms with Gasteiger partial charge in [0.05, 0.1) is 10.7 Å². The van der Waals surface area contributed by atoms with Crippen LogP contribution in [0.2, 0.25) is 5.02 Å². The first-order valence-corrected chi connectivity index (χ1v) is 6.91. The van der Waals surface area contributed by atoms with Crippen LogP contribution in [0.1, 0.15) is 17.0 Å². The van der Waals surface area contributed by atoms with Crippen LogP contribution in [0.25, 0.3) is 5.65 Å². The largest absolute Gasteiger partial charge is 0.485 e. The summed E-state index contributed by atoms with van der Waals surface area (Å²) in [5.74, 6) is 1.52. The smallest absolute Gasteiger partial charge is 0.184 e. The second-order valence-corrected chi connectivity index (χ2v) is 5.37. The third-order valence-corrected chi connectivity index (χ3v) is 3.53. The SMILES string of the molecule is Cc1cccc(C)c1OCc1nnc2c(N)cc(Cl)cn12. The van der Waals surface area contributed by atoms with Crippen molar-refractivity contribution in [2.24, 2.45) is 0 Å². The monoisotopic (exact) mass is 302 g/mol. The van der Waals surface area contributed by atoms with Crippen molar-refractivity contribution in [2.45, 2.75) is 20.5 Å². The number of pyridine rings is 1. The number of rotatable bonds is 3. The van der Waals surface area contributed by atoms with Crippen molar-refractivity contribution in [3.05, 3.63) is 52.4 Å². The molecule has 0 aliphatic carbocycles. The van der Waals surface area contributed by atoms with Crippen LogP contribution in [0.3, 0.4) is 0 Å². The second kappa shape index (κ2) is 5.26. The maximum atomic E-state index is 6.02. The number of anilines is 1. The molecule has 5 nitrogen and oxygen atoms in total. The minimum Gasteiger partial charge on any atom is -0.485 e. The molecule has 108 valence electrons. The number of nitrogens with two attached hydrogens (primary N) is 1. The molecule has 21 heavy (non-hydrogen) atoms. The van der Waals surface area contributed by atoms with Gasteiger partial charge in [-0.15, -0.1) is 10.2 Å². The highest BCUT2D eigenvalue weighted by Gasteiger charge is 2.11. The summed E-state index contributed by atoms with van der Waals surface area (Å²) in [6.07, 6.45) is 1.73. The number of ether oxygens (including phenoxy) is 1. The maximum absolute atomic E-state index is 6.02. The van der Waals surface area contributed by atoms with Crippen LogP contribution < -0.4 is 10.5 Å². The van der Waals surface area contributed by atoms with Crippen molar-refractivity contribution in [3.63, 3.8) is 0 Å². The van der Waals surface area contributed by atoms with Crippen molar-refractivity contribution in [1.82, 2.24) is 14.6 Å². The summed E-state index contributed by atoms with van der Waals surface area (Å²) in [6.45, 7) is 4.32. The van der Waals surface area contributed by atoms with Gasteiger partial charge in [-0.3, -0.25) is 4.40 Å². The fraction of sp³-hybridized carbons (Fsp3) is 0.200. The van der Waals surface area contributed by atoms with Gasteiger partial charge in [0.2, 0.25) is 0 Å². The summed E-state index contributed by atoms with van der Waals surface area (Å²) in [7, 11) is 0. The molecule has 0 radical (unpaired) electrons. The van der Waals surface area contributed by atoms with E-state index < -0.39 is 0 Å². The quantitative estimate of drug-likeness (QED) is 0.807. The minimum absolute atomic E-state index is 0.298. The molecule has 0 aliphatic heterocycles. The Kier molecular flexibility index (Phi) is 3.43. The first kappa shape index (κ1) is 13.7. The number of aromatic nitrogens is 3. The number of benzene rings is 1. The molecule has 3 aromatic rings. The van der Waals surface area contributed by atoms with E-state index >= 15 is 0 Å². The predicted octanol–water partition coefficient (Wildman–Crippen LogP) is 3.16. The lowest BCUT2D eigenvalue weighted by Gasteiger charge is -2.11. The summed E-state index contributed by atoms with van der Waals surface area (Å²) in [5.41, 5.74) is 9.12. The number of hydrogen-bond acceptors (Lipinski definition) is 4. The van der Waals surface area contributed by atoms with Crippen LogP contribution >= 0.6 is 11.6 Å². The number of nitrogens with zero attached hydrogens (tertiary/aromatic N) is 3. The lowest BCUT2D eigenvalue weighted by Crippen LogP contribution is -2.04. The molecule has 2 N–H and O–H groups in total. The van der Waals surface area contributed by atoms with Gasteiger partial charge in [-0.1, -0.05) is 29.8 Å². The van der Waals surface area contributed by atoms with Gasteiger partial charge < -0.3 is 10.5 Å².